The van der Waals surface area contributed by atoms with Crippen molar-refractivity contribution in [1.29, 1.82) is 0 Å². The number of para-hydroxylation sites is 1. The van der Waals surface area contributed by atoms with Crippen molar-refractivity contribution >= 4 is 40.8 Å². The predicted octanol–water partition coefficient (Wildman–Crippen LogP) is 4.79. The third kappa shape index (κ3) is 3.50. The van der Waals surface area contributed by atoms with Crippen LogP contribution in [0.2, 0.25) is 5.02 Å². The predicted molar refractivity (Wildman–Crippen MR) is 120 cm³/mol. The van der Waals surface area contributed by atoms with Crippen molar-refractivity contribution in [2.24, 2.45) is 17.6 Å². The van der Waals surface area contributed by atoms with Crippen LogP contribution in [0.25, 0.3) is 22.2 Å². The minimum Gasteiger partial charge on any atom is -0.338 e. The smallest absolute Gasteiger partial charge is 0.254 e. The zero-order chi connectivity index (χ0) is 19.3. The highest BCUT2D eigenvalue weighted by Gasteiger charge is 2.42. The van der Waals surface area contributed by atoms with E-state index in [1.807, 2.05) is 59.5 Å². The van der Waals surface area contributed by atoms with Gasteiger partial charge in [0.05, 0.1) is 16.8 Å². The summed E-state index contributed by atoms with van der Waals surface area (Å²) in [5.41, 5.74) is 9.32. The molecular weight excluding hydrogens is 405 g/mol. The first-order valence-electron chi connectivity index (χ1n) is 9.81. The summed E-state index contributed by atoms with van der Waals surface area (Å²) < 4.78 is 0. The van der Waals surface area contributed by atoms with Crippen LogP contribution in [-0.4, -0.2) is 34.9 Å². The standard InChI is InChI=1S/C23H22ClN3O.ClH/c24-19-7-3-1-6-16(19)22-11-17(15-5-2-4-8-21(15)26-22)23(28)27-12-14-9-10-20(25)18(14)13-27;/h1-8,11,14,18,20H,9-10,12-13,25H2;1H. The Bertz CT molecular complexity index is 1070. The van der Waals surface area contributed by atoms with E-state index in [9.17, 15) is 4.79 Å². The van der Waals surface area contributed by atoms with Crippen LogP contribution in [0.1, 0.15) is 23.2 Å². The van der Waals surface area contributed by atoms with Gasteiger partial charge in [0, 0.05) is 35.1 Å². The number of fused-ring (bicyclic) bond motifs is 2. The van der Waals surface area contributed by atoms with E-state index >= 15 is 0 Å². The zero-order valence-corrected chi connectivity index (χ0v) is 17.5. The number of carbonyl (C=O) groups is 1. The van der Waals surface area contributed by atoms with Gasteiger partial charge in [0.2, 0.25) is 0 Å². The van der Waals surface area contributed by atoms with E-state index in [-0.39, 0.29) is 24.4 Å². The van der Waals surface area contributed by atoms with E-state index in [0.717, 1.165) is 48.1 Å². The van der Waals surface area contributed by atoms with Crippen molar-refractivity contribution in [1.82, 2.24) is 9.88 Å². The maximum atomic E-state index is 13.5. The number of hydrogen-bond acceptors (Lipinski definition) is 3. The topological polar surface area (TPSA) is 59.2 Å². The summed E-state index contributed by atoms with van der Waals surface area (Å²) in [4.78, 5) is 20.2. The summed E-state index contributed by atoms with van der Waals surface area (Å²) in [6.45, 7) is 1.55. The van der Waals surface area contributed by atoms with Gasteiger partial charge < -0.3 is 10.6 Å². The molecule has 2 heterocycles. The summed E-state index contributed by atoms with van der Waals surface area (Å²) in [5, 5.41) is 1.51. The number of nitrogens with two attached hydrogens (primary N) is 1. The molecule has 0 spiro atoms. The van der Waals surface area contributed by atoms with Gasteiger partial charge in [-0.3, -0.25) is 4.79 Å². The molecule has 2 aromatic carbocycles. The summed E-state index contributed by atoms with van der Waals surface area (Å²) in [7, 11) is 0. The monoisotopic (exact) mass is 427 g/mol. The molecule has 3 unspecified atom stereocenters. The van der Waals surface area contributed by atoms with Crippen LogP contribution in [0.3, 0.4) is 0 Å². The second kappa shape index (κ2) is 7.94. The van der Waals surface area contributed by atoms with Crippen molar-refractivity contribution in [2.75, 3.05) is 13.1 Å². The molecule has 150 valence electrons. The number of aromatic nitrogens is 1. The lowest BCUT2D eigenvalue weighted by Gasteiger charge is -2.20. The Labute approximate surface area is 181 Å². The van der Waals surface area contributed by atoms with Gasteiger partial charge in [0.25, 0.3) is 5.91 Å². The average Bonchev–Trinajstić information content (AvgIpc) is 3.29. The Hall–Kier alpha value is -2.14. The van der Waals surface area contributed by atoms with E-state index in [2.05, 4.69) is 0 Å². The molecule has 0 radical (unpaired) electrons. The van der Waals surface area contributed by atoms with E-state index in [4.69, 9.17) is 22.3 Å². The fourth-order valence-corrected chi connectivity index (χ4v) is 5.04. The van der Waals surface area contributed by atoms with Gasteiger partial charge in [-0.1, -0.05) is 48.0 Å². The van der Waals surface area contributed by atoms with Crippen LogP contribution in [0, 0.1) is 11.8 Å². The van der Waals surface area contributed by atoms with E-state index in [1.165, 1.54) is 0 Å². The second-order valence-electron chi connectivity index (χ2n) is 7.93. The van der Waals surface area contributed by atoms with Crippen molar-refractivity contribution in [3.05, 3.63) is 65.2 Å². The zero-order valence-electron chi connectivity index (χ0n) is 15.9. The normalized spacial score (nSPS) is 23.1. The molecular formula is C23H23Cl2N3O. The minimum absolute atomic E-state index is 0. The number of hydrogen-bond donors (Lipinski definition) is 1. The van der Waals surface area contributed by atoms with Crippen LogP contribution < -0.4 is 5.73 Å². The van der Waals surface area contributed by atoms with Crippen LogP contribution >= 0.6 is 24.0 Å². The number of nitrogens with zero attached hydrogens (tertiary/aromatic N) is 2. The maximum absolute atomic E-state index is 13.5. The highest BCUT2D eigenvalue weighted by molar-refractivity contribution is 6.33. The molecule has 2 aliphatic rings. The SMILES string of the molecule is Cl.NC1CCC2CN(C(=O)c3cc(-c4ccccc4Cl)nc4ccccc34)CC12. The van der Waals surface area contributed by atoms with E-state index in [1.54, 1.807) is 0 Å². The molecule has 1 saturated heterocycles. The molecule has 2 N–H and O–H groups in total. The summed E-state index contributed by atoms with van der Waals surface area (Å²) in [6, 6.07) is 17.5. The van der Waals surface area contributed by atoms with Gasteiger partial charge in [0.15, 0.2) is 0 Å². The third-order valence-corrected chi connectivity index (χ3v) is 6.63. The number of benzene rings is 2. The quantitative estimate of drug-likeness (QED) is 0.639. The first kappa shape index (κ1) is 20.1. The van der Waals surface area contributed by atoms with Crippen LogP contribution in [0.15, 0.2) is 54.6 Å². The number of likely N-dealkylation sites (tertiary alicyclic amines) is 1. The van der Waals surface area contributed by atoms with Gasteiger partial charge >= 0.3 is 0 Å². The van der Waals surface area contributed by atoms with Crippen molar-refractivity contribution in [3.8, 4) is 11.3 Å². The molecule has 3 atom stereocenters. The van der Waals surface area contributed by atoms with Gasteiger partial charge in [-0.2, -0.15) is 0 Å². The largest absolute Gasteiger partial charge is 0.338 e. The average molecular weight is 428 g/mol. The van der Waals surface area contributed by atoms with Gasteiger partial charge in [-0.25, -0.2) is 4.98 Å². The first-order chi connectivity index (χ1) is 13.6. The maximum Gasteiger partial charge on any atom is 0.254 e. The summed E-state index contributed by atoms with van der Waals surface area (Å²) in [6.07, 6.45) is 2.20. The van der Waals surface area contributed by atoms with Gasteiger partial charge in [-0.15, -0.1) is 12.4 Å². The van der Waals surface area contributed by atoms with Crippen LogP contribution in [0.4, 0.5) is 0 Å². The van der Waals surface area contributed by atoms with Crippen LogP contribution in [-0.2, 0) is 0 Å². The molecule has 4 nitrogen and oxygen atoms in total. The molecule has 2 fully saturated rings. The van der Waals surface area contributed by atoms with Crippen molar-refractivity contribution in [2.45, 2.75) is 18.9 Å². The first-order valence-corrected chi connectivity index (χ1v) is 10.2. The summed E-state index contributed by atoms with van der Waals surface area (Å²) >= 11 is 6.40. The lowest BCUT2D eigenvalue weighted by atomic mass is 9.98. The number of pyridine rings is 1. The molecule has 0 bridgehead atoms. The molecule has 3 aromatic rings. The molecule has 29 heavy (non-hydrogen) atoms. The van der Waals surface area contributed by atoms with Gasteiger partial charge in [0.1, 0.15) is 0 Å². The van der Waals surface area contributed by atoms with Crippen LogP contribution in [0.5, 0.6) is 0 Å². The highest BCUT2D eigenvalue weighted by Crippen LogP contribution is 2.38. The Balaban J connectivity index is 0.00000205. The van der Waals surface area contributed by atoms with Gasteiger partial charge in [-0.05, 0) is 42.9 Å². The molecule has 1 aliphatic heterocycles. The molecule has 1 saturated carbocycles. The number of rotatable bonds is 2. The van der Waals surface area contributed by atoms with E-state index < -0.39 is 0 Å². The molecule has 1 amide bonds. The number of amides is 1. The fourth-order valence-electron chi connectivity index (χ4n) is 4.80. The Morgan fingerprint density at radius 3 is 2.62 bits per heavy atom. The van der Waals surface area contributed by atoms with Crippen molar-refractivity contribution < 1.29 is 4.79 Å². The van der Waals surface area contributed by atoms with Crippen molar-refractivity contribution in [3.63, 3.8) is 0 Å². The number of halogens is 2. The Morgan fingerprint density at radius 2 is 1.83 bits per heavy atom. The molecule has 6 heteroatoms. The van der Waals surface area contributed by atoms with E-state index in [0.29, 0.717) is 22.4 Å². The lowest BCUT2D eigenvalue weighted by Crippen LogP contribution is -2.33. The fraction of sp³-hybridized carbons (Fsp3) is 0.304. The number of carbonyl (C=O) groups excluding carboxylic acids is 1. The lowest BCUT2D eigenvalue weighted by molar-refractivity contribution is 0.0781. The minimum atomic E-state index is 0. The molecule has 1 aromatic heterocycles. The molecule has 1 aliphatic carbocycles. The molecule has 5 rings (SSSR count). The highest BCUT2D eigenvalue weighted by atomic mass is 35.5. The summed E-state index contributed by atoms with van der Waals surface area (Å²) in [5.74, 6) is 1.03. The Kier molecular flexibility index (Phi) is 5.52. The Morgan fingerprint density at radius 1 is 1.07 bits per heavy atom. The second-order valence-corrected chi connectivity index (χ2v) is 8.33. The third-order valence-electron chi connectivity index (χ3n) is 6.30.